The van der Waals surface area contributed by atoms with Crippen LogP contribution in [0.15, 0.2) is 76.5 Å². The minimum atomic E-state index is -0.520. The normalized spacial score (nSPS) is 11.8. The smallest absolute Gasteiger partial charge is 0.242 e. The molecule has 0 aliphatic rings. The largest absolute Gasteiger partial charge is 0.497 e. The zero-order valence-corrected chi connectivity index (χ0v) is 18.2. The molecule has 2 heterocycles. The second-order valence-electron chi connectivity index (χ2n) is 6.89. The summed E-state index contributed by atoms with van der Waals surface area (Å²) in [5.74, 6) is 1.97. The molecule has 2 aromatic carbocycles. The van der Waals surface area contributed by atoms with Crippen LogP contribution in [0.2, 0.25) is 0 Å². The van der Waals surface area contributed by atoms with E-state index in [-0.39, 0.29) is 5.91 Å². The Morgan fingerprint density at radius 2 is 1.94 bits per heavy atom. The third-order valence-electron chi connectivity index (χ3n) is 4.84. The molecular weight excluding hydrogens is 412 g/mol. The van der Waals surface area contributed by atoms with Gasteiger partial charge in [-0.3, -0.25) is 4.79 Å². The van der Waals surface area contributed by atoms with Crippen LogP contribution >= 0.6 is 11.8 Å². The Balaban J connectivity index is 1.63. The Morgan fingerprint density at radius 3 is 2.65 bits per heavy atom. The second kappa shape index (κ2) is 9.09. The van der Waals surface area contributed by atoms with Crippen molar-refractivity contribution in [3.8, 4) is 17.1 Å². The van der Waals surface area contributed by atoms with Gasteiger partial charge in [-0.2, -0.15) is 0 Å². The third-order valence-corrected chi connectivity index (χ3v) is 6.12. The number of carbonyl (C=O) groups excluding carboxylic acids is 1. The van der Waals surface area contributed by atoms with E-state index in [1.807, 2.05) is 73.1 Å². The topological polar surface area (TPSA) is 82.2 Å². The Bertz CT molecular complexity index is 1190. The molecule has 7 nitrogen and oxygen atoms in total. The van der Waals surface area contributed by atoms with Gasteiger partial charge in [-0.25, -0.2) is 0 Å². The minimum absolute atomic E-state index is 0.159. The monoisotopic (exact) mass is 434 g/mol. The van der Waals surface area contributed by atoms with Crippen LogP contribution in [-0.2, 0) is 11.8 Å². The average molecular weight is 435 g/mol. The Labute approximate surface area is 184 Å². The van der Waals surface area contributed by atoms with Crippen molar-refractivity contribution in [3.05, 3.63) is 78.3 Å². The van der Waals surface area contributed by atoms with Gasteiger partial charge >= 0.3 is 0 Å². The first-order valence-corrected chi connectivity index (χ1v) is 10.5. The molecule has 0 saturated carbocycles. The maximum atomic E-state index is 13.3. The molecule has 0 saturated heterocycles. The predicted octanol–water partition coefficient (Wildman–Crippen LogP) is 4.86. The maximum Gasteiger partial charge on any atom is 0.242 e. The van der Waals surface area contributed by atoms with Gasteiger partial charge in [0.25, 0.3) is 0 Å². The van der Waals surface area contributed by atoms with Crippen molar-refractivity contribution in [2.24, 2.45) is 7.05 Å². The standard InChI is InChI=1S/C23H22N4O3S/c1-15-19(12-13-30-15)21-25-26-23(27(21)2)31-20(16-8-5-4-6-9-16)22(28)24-17-10-7-11-18(14-17)29-3/h4-14,20H,1-3H3,(H,24,28). The van der Waals surface area contributed by atoms with Crippen molar-refractivity contribution in [1.29, 1.82) is 0 Å². The summed E-state index contributed by atoms with van der Waals surface area (Å²) >= 11 is 1.35. The fraction of sp³-hybridized carbons (Fsp3) is 0.174. The summed E-state index contributed by atoms with van der Waals surface area (Å²) in [5.41, 5.74) is 2.41. The van der Waals surface area contributed by atoms with Crippen LogP contribution in [0.1, 0.15) is 16.6 Å². The fourth-order valence-corrected chi connectivity index (χ4v) is 4.19. The lowest BCUT2D eigenvalue weighted by atomic mass is 10.1. The highest BCUT2D eigenvalue weighted by Gasteiger charge is 2.26. The van der Waals surface area contributed by atoms with Gasteiger partial charge in [0.1, 0.15) is 16.8 Å². The van der Waals surface area contributed by atoms with E-state index in [1.165, 1.54) is 11.8 Å². The first-order chi connectivity index (χ1) is 15.1. The first kappa shape index (κ1) is 20.7. The van der Waals surface area contributed by atoms with Gasteiger partial charge in [-0.05, 0) is 30.7 Å². The molecule has 1 N–H and O–H groups in total. The molecule has 1 amide bonds. The van der Waals surface area contributed by atoms with E-state index in [9.17, 15) is 4.79 Å². The fourth-order valence-electron chi connectivity index (χ4n) is 3.18. The molecule has 4 rings (SSSR count). The van der Waals surface area contributed by atoms with Crippen LogP contribution in [-0.4, -0.2) is 27.8 Å². The SMILES string of the molecule is COc1cccc(NC(=O)C(Sc2nnc(-c3ccoc3C)n2C)c2ccccc2)c1. The number of ether oxygens (including phenoxy) is 1. The van der Waals surface area contributed by atoms with Crippen molar-refractivity contribution in [1.82, 2.24) is 14.8 Å². The zero-order chi connectivity index (χ0) is 21.8. The molecule has 0 radical (unpaired) electrons. The second-order valence-corrected chi connectivity index (χ2v) is 7.96. The zero-order valence-electron chi connectivity index (χ0n) is 17.4. The van der Waals surface area contributed by atoms with Crippen molar-refractivity contribution in [2.75, 3.05) is 12.4 Å². The highest BCUT2D eigenvalue weighted by atomic mass is 32.2. The average Bonchev–Trinajstić information content (AvgIpc) is 3.37. The molecule has 0 fully saturated rings. The van der Waals surface area contributed by atoms with E-state index < -0.39 is 5.25 Å². The first-order valence-electron chi connectivity index (χ1n) is 9.67. The van der Waals surface area contributed by atoms with Gasteiger partial charge in [0.15, 0.2) is 11.0 Å². The third kappa shape index (κ3) is 4.49. The van der Waals surface area contributed by atoms with Gasteiger partial charge in [-0.1, -0.05) is 48.2 Å². The van der Waals surface area contributed by atoms with Crippen LogP contribution < -0.4 is 10.1 Å². The summed E-state index contributed by atoms with van der Waals surface area (Å²) in [5, 5.41) is 11.7. The number of amides is 1. The summed E-state index contributed by atoms with van der Waals surface area (Å²) < 4.78 is 12.5. The summed E-state index contributed by atoms with van der Waals surface area (Å²) in [6.07, 6.45) is 1.63. The molecule has 1 unspecified atom stereocenters. The molecule has 0 aliphatic heterocycles. The van der Waals surface area contributed by atoms with E-state index >= 15 is 0 Å². The summed E-state index contributed by atoms with van der Waals surface area (Å²) in [6, 6.07) is 18.8. The number of anilines is 1. The number of rotatable bonds is 7. The molecule has 158 valence electrons. The number of carbonyl (C=O) groups is 1. The highest BCUT2D eigenvalue weighted by molar-refractivity contribution is 8.00. The molecule has 1 atom stereocenters. The quantitative estimate of drug-likeness (QED) is 0.418. The molecule has 0 bridgehead atoms. The van der Waals surface area contributed by atoms with Gasteiger partial charge in [0, 0.05) is 18.8 Å². The predicted molar refractivity (Wildman–Crippen MR) is 120 cm³/mol. The highest BCUT2D eigenvalue weighted by Crippen LogP contribution is 2.37. The van der Waals surface area contributed by atoms with E-state index in [0.717, 1.165) is 16.9 Å². The maximum absolute atomic E-state index is 13.3. The van der Waals surface area contributed by atoms with Crippen LogP contribution in [0.4, 0.5) is 5.69 Å². The van der Waals surface area contributed by atoms with Crippen LogP contribution in [0.3, 0.4) is 0 Å². The molecule has 0 spiro atoms. The van der Waals surface area contributed by atoms with E-state index in [2.05, 4.69) is 15.5 Å². The van der Waals surface area contributed by atoms with Gasteiger partial charge in [0.2, 0.25) is 5.91 Å². The summed E-state index contributed by atoms with van der Waals surface area (Å²) in [6.45, 7) is 1.88. The van der Waals surface area contributed by atoms with Crippen molar-refractivity contribution < 1.29 is 13.9 Å². The lowest BCUT2D eigenvalue weighted by Crippen LogP contribution is -2.19. The molecular formula is C23H22N4O3S. The van der Waals surface area contributed by atoms with Gasteiger partial charge in [-0.15, -0.1) is 10.2 Å². The van der Waals surface area contributed by atoms with Gasteiger partial charge < -0.3 is 19.0 Å². The summed E-state index contributed by atoms with van der Waals surface area (Å²) in [4.78, 5) is 13.3. The van der Waals surface area contributed by atoms with Crippen LogP contribution in [0.5, 0.6) is 5.75 Å². The number of benzene rings is 2. The van der Waals surface area contributed by atoms with E-state index in [1.54, 1.807) is 19.4 Å². The number of aromatic nitrogens is 3. The lowest BCUT2D eigenvalue weighted by Gasteiger charge is -2.17. The van der Waals surface area contributed by atoms with Crippen molar-refractivity contribution in [2.45, 2.75) is 17.3 Å². The Morgan fingerprint density at radius 1 is 1.13 bits per heavy atom. The molecule has 2 aromatic heterocycles. The Hall–Kier alpha value is -3.52. The number of thioether (sulfide) groups is 1. The summed E-state index contributed by atoms with van der Waals surface area (Å²) in [7, 11) is 3.48. The molecule has 0 aliphatic carbocycles. The number of aryl methyl sites for hydroxylation is 1. The molecule has 4 aromatic rings. The number of nitrogens with one attached hydrogen (secondary N) is 1. The minimum Gasteiger partial charge on any atom is -0.497 e. The molecule has 8 heteroatoms. The number of hydrogen-bond donors (Lipinski definition) is 1. The van der Waals surface area contributed by atoms with Crippen molar-refractivity contribution >= 4 is 23.4 Å². The Kier molecular flexibility index (Phi) is 6.08. The number of nitrogens with zero attached hydrogens (tertiary/aromatic N) is 3. The molecule has 31 heavy (non-hydrogen) atoms. The van der Waals surface area contributed by atoms with E-state index in [4.69, 9.17) is 9.15 Å². The lowest BCUT2D eigenvalue weighted by molar-refractivity contribution is -0.115. The number of methoxy groups -OCH3 is 1. The number of hydrogen-bond acceptors (Lipinski definition) is 6. The van der Waals surface area contributed by atoms with E-state index in [0.29, 0.717) is 22.4 Å². The van der Waals surface area contributed by atoms with Crippen LogP contribution in [0, 0.1) is 6.92 Å². The van der Waals surface area contributed by atoms with Gasteiger partial charge in [0.05, 0.1) is 18.9 Å². The number of furan rings is 1. The van der Waals surface area contributed by atoms with Crippen molar-refractivity contribution in [3.63, 3.8) is 0 Å². The van der Waals surface area contributed by atoms with Crippen LogP contribution in [0.25, 0.3) is 11.4 Å².